The van der Waals surface area contributed by atoms with Gasteiger partial charge >= 0.3 is 0 Å². The lowest BCUT2D eigenvalue weighted by Gasteiger charge is -2.26. The van der Waals surface area contributed by atoms with Crippen LogP contribution in [0, 0.1) is 6.92 Å². The van der Waals surface area contributed by atoms with Crippen LogP contribution in [-0.2, 0) is 14.8 Å². The average molecular weight is 533 g/mol. The summed E-state index contributed by atoms with van der Waals surface area (Å²) in [5, 5.41) is 3.07. The molecule has 0 spiro atoms. The summed E-state index contributed by atoms with van der Waals surface area (Å²) in [4.78, 5) is 13.0. The number of rotatable bonds is 10. The highest BCUT2D eigenvalue weighted by Gasteiger charge is 2.31. The number of carbonyl (C=O) groups is 1. The zero-order valence-electron chi connectivity index (χ0n) is 20.7. The van der Waals surface area contributed by atoms with E-state index in [1.807, 2.05) is 19.1 Å². The van der Waals surface area contributed by atoms with Crippen molar-refractivity contribution in [3.8, 4) is 17.2 Å². The van der Waals surface area contributed by atoms with Crippen molar-refractivity contribution in [2.24, 2.45) is 0 Å². The number of hydrogen-bond donors (Lipinski definition) is 1. The molecule has 0 aromatic heterocycles. The number of methoxy groups -OCH3 is 3. The summed E-state index contributed by atoms with van der Waals surface area (Å²) in [6, 6.07) is 16.2. The minimum atomic E-state index is -4.23. The SMILES string of the molecule is COc1ccc([C@H](C)NC(=O)CN(c2ccc(OC)c(Cl)c2)S(=O)(=O)c2cc(C)ccc2OC)cc1. The Hall–Kier alpha value is -3.43. The van der Waals surface area contributed by atoms with E-state index in [0.29, 0.717) is 11.5 Å². The Balaban J connectivity index is 1.98. The molecule has 0 heterocycles. The number of hydrogen-bond acceptors (Lipinski definition) is 6. The molecule has 10 heteroatoms. The third kappa shape index (κ3) is 6.03. The van der Waals surface area contributed by atoms with Gasteiger partial charge in [-0.2, -0.15) is 0 Å². The first kappa shape index (κ1) is 27.2. The number of carbonyl (C=O) groups excluding carboxylic acids is 1. The van der Waals surface area contributed by atoms with E-state index in [-0.39, 0.29) is 27.4 Å². The van der Waals surface area contributed by atoms with Crippen LogP contribution in [0.5, 0.6) is 17.2 Å². The van der Waals surface area contributed by atoms with Crippen molar-refractivity contribution in [2.45, 2.75) is 24.8 Å². The van der Waals surface area contributed by atoms with Gasteiger partial charge in [-0.15, -0.1) is 0 Å². The first-order valence-electron chi connectivity index (χ1n) is 11.0. The lowest BCUT2D eigenvalue weighted by Crippen LogP contribution is -2.41. The summed E-state index contributed by atoms with van der Waals surface area (Å²) in [5.74, 6) is 0.735. The number of benzene rings is 3. The Morgan fingerprint density at radius 3 is 2.17 bits per heavy atom. The number of sulfonamides is 1. The number of anilines is 1. The molecular formula is C26H29ClN2O6S. The molecule has 0 aliphatic rings. The summed E-state index contributed by atoms with van der Waals surface area (Å²) in [7, 11) is 0.194. The molecule has 0 unspecified atom stereocenters. The van der Waals surface area contributed by atoms with Crippen molar-refractivity contribution in [3.63, 3.8) is 0 Å². The molecule has 1 amide bonds. The van der Waals surface area contributed by atoms with Crippen LogP contribution in [0.25, 0.3) is 0 Å². The maximum atomic E-state index is 13.9. The normalized spacial score (nSPS) is 11.9. The van der Waals surface area contributed by atoms with Crippen LogP contribution in [0.4, 0.5) is 5.69 Å². The summed E-state index contributed by atoms with van der Waals surface area (Å²) in [6.45, 7) is 3.10. The Morgan fingerprint density at radius 2 is 1.58 bits per heavy atom. The molecular weight excluding hydrogens is 504 g/mol. The number of nitrogens with zero attached hydrogens (tertiary/aromatic N) is 1. The second-order valence-corrected chi connectivity index (χ2v) is 10.3. The topological polar surface area (TPSA) is 94.2 Å². The van der Waals surface area contributed by atoms with Gasteiger partial charge in [0, 0.05) is 0 Å². The van der Waals surface area contributed by atoms with Gasteiger partial charge in [-0.25, -0.2) is 8.42 Å². The summed E-state index contributed by atoms with van der Waals surface area (Å²) < 4.78 is 44.4. The van der Waals surface area contributed by atoms with Gasteiger partial charge in [-0.3, -0.25) is 9.10 Å². The maximum absolute atomic E-state index is 13.9. The van der Waals surface area contributed by atoms with E-state index in [4.69, 9.17) is 25.8 Å². The van der Waals surface area contributed by atoms with E-state index in [2.05, 4.69) is 5.32 Å². The summed E-state index contributed by atoms with van der Waals surface area (Å²) in [5.41, 5.74) is 1.77. The zero-order valence-corrected chi connectivity index (χ0v) is 22.3. The van der Waals surface area contributed by atoms with Gasteiger partial charge in [0.25, 0.3) is 10.0 Å². The predicted molar refractivity (Wildman–Crippen MR) is 140 cm³/mol. The zero-order chi connectivity index (χ0) is 26.5. The first-order valence-corrected chi connectivity index (χ1v) is 12.9. The Kier molecular flexibility index (Phi) is 8.70. The number of amides is 1. The molecule has 0 aliphatic heterocycles. The molecule has 3 aromatic carbocycles. The molecule has 0 saturated heterocycles. The average Bonchev–Trinajstić information content (AvgIpc) is 2.87. The van der Waals surface area contributed by atoms with Crippen LogP contribution in [0.15, 0.2) is 65.6 Å². The van der Waals surface area contributed by atoms with E-state index in [0.717, 1.165) is 15.4 Å². The lowest BCUT2D eigenvalue weighted by molar-refractivity contribution is -0.120. The fourth-order valence-corrected chi connectivity index (χ4v) is 5.53. The molecule has 0 radical (unpaired) electrons. The van der Waals surface area contributed by atoms with Gasteiger partial charge in [0.1, 0.15) is 28.7 Å². The Morgan fingerprint density at radius 1 is 0.944 bits per heavy atom. The Bertz CT molecular complexity index is 1330. The standard InChI is InChI=1S/C26H29ClN2O6S/c1-17-6-12-24(35-5)25(14-17)36(31,32)29(20-9-13-23(34-4)22(27)15-20)16-26(30)28-18(2)19-7-10-21(33-3)11-8-19/h6-15,18H,16H2,1-5H3,(H,28,30)/t18-/m0/s1. The maximum Gasteiger partial charge on any atom is 0.268 e. The first-order chi connectivity index (χ1) is 17.1. The molecule has 0 saturated carbocycles. The van der Waals surface area contributed by atoms with Crippen molar-refractivity contribution in [1.29, 1.82) is 0 Å². The van der Waals surface area contributed by atoms with Gasteiger partial charge in [0.15, 0.2) is 0 Å². The highest BCUT2D eigenvalue weighted by molar-refractivity contribution is 7.93. The molecule has 36 heavy (non-hydrogen) atoms. The van der Waals surface area contributed by atoms with Crippen LogP contribution in [0.3, 0.4) is 0 Å². The van der Waals surface area contributed by atoms with Crippen LogP contribution >= 0.6 is 11.6 Å². The minimum absolute atomic E-state index is 0.0621. The molecule has 0 bridgehead atoms. The highest BCUT2D eigenvalue weighted by Crippen LogP contribution is 2.34. The molecule has 1 atom stereocenters. The van der Waals surface area contributed by atoms with Crippen molar-refractivity contribution in [3.05, 3.63) is 76.8 Å². The van der Waals surface area contributed by atoms with Gasteiger partial charge in [-0.1, -0.05) is 29.8 Å². The predicted octanol–water partition coefficient (Wildman–Crippen LogP) is 4.75. The van der Waals surface area contributed by atoms with Gasteiger partial charge in [0.2, 0.25) is 5.91 Å². The van der Waals surface area contributed by atoms with Gasteiger partial charge in [-0.05, 0) is 67.4 Å². The number of halogens is 1. The van der Waals surface area contributed by atoms with Crippen molar-refractivity contribution in [1.82, 2.24) is 5.32 Å². The Labute approximate surface area is 216 Å². The molecule has 192 valence electrons. The van der Waals surface area contributed by atoms with E-state index in [1.54, 1.807) is 44.4 Å². The van der Waals surface area contributed by atoms with Crippen LogP contribution < -0.4 is 23.8 Å². The monoisotopic (exact) mass is 532 g/mol. The quantitative estimate of drug-likeness (QED) is 0.405. The molecule has 0 fully saturated rings. The molecule has 3 aromatic rings. The fourth-order valence-electron chi connectivity index (χ4n) is 3.62. The molecule has 1 N–H and O–H groups in total. The largest absolute Gasteiger partial charge is 0.497 e. The van der Waals surface area contributed by atoms with Gasteiger partial charge in [0.05, 0.1) is 38.1 Å². The van der Waals surface area contributed by atoms with Crippen LogP contribution in [-0.4, -0.2) is 42.2 Å². The van der Waals surface area contributed by atoms with E-state index in [9.17, 15) is 13.2 Å². The van der Waals surface area contributed by atoms with Gasteiger partial charge < -0.3 is 19.5 Å². The van der Waals surface area contributed by atoms with E-state index < -0.39 is 22.5 Å². The number of nitrogens with one attached hydrogen (secondary N) is 1. The highest BCUT2D eigenvalue weighted by atomic mass is 35.5. The molecule has 8 nitrogen and oxygen atoms in total. The summed E-state index contributed by atoms with van der Waals surface area (Å²) in [6.07, 6.45) is 0. The summed E-state index contributed by atoms with van der Waals surface area (Å²) >= 11 is 6.30. The van der Waals surface area contributed by atoms with Crippen molar-refractivity contribution in [2.75, 3.05) is 32.2 Å². The second-order valence-electron chi connectivity index (χ2n) is 8.05. The lowest BCUT2D eigenvalue weighted by atomic mass is 10.1. The minimum Gasteiger partial charge on any atom is -0.497 e. The van der Waals surface area contributed by atoms with E-state index >= 15 is 0 Å². The van der Waals surface area contributed by atoms with Crippen LogP contribution in [0.2, 0.25) is 5.02 Å². The smallest absolute Gasteiger partial charge is 0.268 e. The van der Waals surface area contributed by atoms with Crippen LogP contribution in [0.1, 0.15) is 24.1 Å². The fraction of sp³-hybridized carbons (Fsp3) is 0.269. The molecule has 0 aliphatic carbocycles. The second kappa shape index (κ2) is 11.5. The third-order valence-electron chi connectivity index (χ3n) is 5.59. The van der Waals surface area contributed by atoms with Crippen molar-refractivity contribution >= 4 is 33.2 Å². The molecule has 3 rings (SSSR count). The van der Waals surface area contributed by atoms with E-state index in [1.165, 1.54) is 32.4 Å². The third-order valence-corrected chi connectivity index (χ3v) is 7.68. The number of aryl methyl sites for hydroxylation is 1. The number of ether oxygens (including phenoxy) is 3. The van der Waals surface area contributed by atoms with Crippen molar-refractivity contribution < 1.29 is 27.4 Å².